The molecule has 2 atom stereocenters. The second kappa shape index (κ2) is 7.49. The number of likely N-dealkylation sites (N-methyl/N-ethyl adjacent to an activating group) is 1. The van der Waals surface area contributed by atoms with Gasteiger partial charge in [0.25, 0.3) is 0 Å². The molecule has 1 saturated heterocycles. The van der Waals surface area contributed by atoms with Gasteiger partial charge >= 0.3 is 0 Å². The summed E-state index contributed by atoms with van der Waals surface area (Å²) in [6.07, 6.45) is 0. The summed E-state index contributed by atoms with van der Waals surface area (Å²) in [5.74, 6) is 0. The molecule has 0 radical (unpaired) electrons. The molecular formula is C16H26ClN3O2S. The van der Waals surface area contributed by atoms with E-state index in [1.54, 1.807) is 28.6 Å². The van der Waals surface area contributed by atoms with Crippen LogP contribution in [-0.4, -0.2) is 74.9 Å². The summed E-state index contributed by atoms with van der Waals surface area (Å²) in [5, 5.41) is 0.541. The molecule has 1 heterocycles. The fraction of sp³-hybridized carbons (Fsp3) is 0.625. The highest BCUT2D eigenvalue weighted by molar-refractivity contribution is 7.89. The molecule has 0 saturated carbocycles. The molecule has 130 valence electrons. The van der Waals surface area contributed by atoms with Crippen LogP contribution < -0.4 is 0 Å². The second-order valence-electron chi connectivity index (χ2n) is 6.52. The van der Waals surface area contributed by atoms with E-state index in [0.717, 1.165) is 13.1 Å². The first-order valence-electron chi connectivity index (χ1n) is 7.88. The Labute approximate surface area is 144 Å². The molecule has 0 aromatic heterocycles. The molecule has 1 aromatic rings. The minimum atomic E-state index is -3.46. The molecule has 1 fully saturated rings. The Morgan fingerprint density at radius 2 is 1.65 bits per heavy atom. The molecule has 1 aliphatic rings. The van der Waals surface area contributed by atoms with Crippen LogP contribution in [0.1, 0.15) is 13.8 Å². The number of hydrogen-bond acceptors (Lipinski definition) is 4. The van der Waals surface area contributed by atoms with E-state index < -0.39 is 10.0 Å². The lowest BCUT2D eigenvalue weighted by atomic mass is 10.1. The lowest BCUT2D eigenvalue weighted by molar-refractivity contribution is 0.0708. The van der Waals surface area contributed by atoms with E-state index in [-0.39, 0.29) is 12.1 Å². The number of rotatable bonds is 5. The molecule has 0 bridgehead atoms. The molecule has 0 N–H and O–H groups in total. The molecule has 23 heavy (non-hydrogen) atoms. The smallest absolute Gasteiger partial charge is 0.243 e. The zero-order chi connectivity index (χ0) is 17.2. The zero-order valence-electron chi connectivity index (χ0n) is 14.2. The van der Waals surface area contributed by atoms with E-state index in [1.165, 1.54) is 0 Å². The number of benzene rings is 1. The maximum atomic E-state index is 12.8. The highest BCUT2D eigenvalue weighted by Crippen LogP contribution is 2.24. The van der Waals surface area contributed by atoms with E-state index in [1.807, 2.05) is 0 Å². The van der Waals surface area contributed by atoms with Gasteiger partial charge in [0, 0.05) is 43.3 Å². The third-order valence-electron chi connectivity index (χ3n) is 4.32. The minimum Gasteiger partial charge on any atom is -0.308 e. The summed E-state index contributed by atoms with van der Waals surface area (Å²) in [4.78, 5) is 4.84. The fourth-order valence-corrected chi connectivity index (χ4v) is 4.74. The maximum Gasteiger partial charge on any atom is 0.243 e. The van der Waals surface area contributed by atoms with Crippen molar-refractivity contribution in [2.75, 3.05) is 40.3 Å². The maximum absolute atomic E-state index is 12.8. The minimum absolute atomic E-state index is 0.195. The quantitative estimate of drug-likeness (QED) is 0.806. The monoisotopic (exact) mass is 359 g/mol. The van der Waals surface area contributed by atoms with Gasteiger partial charge < -0.3 is 4.90 Å². The lowest BCUT2D eigenvalue weighted by Gasteiger charge is -2.44. The Kier molecular flexibility index (Phi) is 6.08. The van der Waals surface area contributed by atoms with Crippen LogP contribution in [0, 0.1) is 0 Å². The first-order valence-corrected chi connectivity index (χ1v) is 9.70. The van der Waals surface area contributed by atoms with Gasteiger partial charge in [0.15, 0.2) is 0 Å². The molecule has 7 heteroatoms. The van der Waals surface area contributed by atoms with Crippen LogP contribution >= 0.6 is 11.6 Å². The SMILES string of the molecule is CC1CN(S(=O)(=O)c2ccc(Cl)cc2)CC(C)N1CCN(C)C. The van der Waals surface area contributed by atoms with Gasteiger partial charge in [-0.15, -0.1) is 0 Å². The summed E-state index contributed by atoms with van der Waals surface area (Å²) in [6.45, 7) is 7.14. The van der Waals surface area contributed by atoms with Gasteiger partial charge in [-0.25, -0.2) is 8.42 Å². The Hall–Kier alpha value is -0.660. The van der Waals surface area contributed by atoms with Gasteiger partial charge in [-0.3, -0.25) is 4.90 Å². The molecule has 5 nitrogen and oxygen atoms in total. The van der Waals surface area contributed by atoms with Crippen LogP contribution in [0.5, 0.6) is 0 Å². The number of halogens is 1. The molecule has 0 amide bonds. The summed E-state index contributed by atoms with van der Waals surface area (Å²) in [6, 6.07) is 6.78. The Bertz CT molecular complexity index is 607. The van der Waals surface area contributed by atoms with Crippen LogP contribution in [0.15, 0.2) is 29.2 Å². The molecule has 0 spiro atoms. The number of sulfonamides is 1. The largest absolute Gasteiger partial charge is 0.308 e. The molecule has 1 aliphatic heterocycles. The van der Waals surface area contributed by atoms with Crippen LogP contribution in [0.3, 0.4) is 0 Å². The van der Waals surface area contributed by atoms with Gasteiger partial charge in [-0.1, -0.05) is 11.6 Å². The van der Waals surface area contributed by atoms with E-state index in [0.29, 0.717) is 23.0 Å². The number of hydrogen-bond donors (Lipinski definition) is 0. The molecule has 2 unspecified atom stereocenters. The highest BCUT2D eigenvalue weighted by Gasteiger charge is 2.35. The lowest BCUT2D eigenvalue weighted by Crippen LogP contribution is -2.58. The van der Waals surface area contributed by atoms with Crippen molar-refractivity contribution in [3.8, 4) is 0 Å². The summed E-state index contributed by atoms with van der Waals surface area (Å²) < 4.78 is 27.2. The average molecular weight is 360 g/mol. The van der Waals surface area contributed by atoms with Crippen molar-refractivity contribution in [2.45, 2.75) is 30.8 Å². The zero-order valence-corrected chi connectivity index (χ0v) is 15.8. The third kappa shape index (κ3) is 4.45. The van der Waals surface area contributed by atoms with E-state index in [2.05, 4.69) is 37.7 Å². The van der Waals surface area contributed by atoms with Gasteiger partial charge in [0.05, 0.1) is 4.90 Å². The van der Waals surface area contributed by atoms with Gasteiger partial charge in [-0.05, 0) is 52.2 Å². The molecule has 0 aliphatic carbocycles. The van der Waals surface area contributed by atoms with E-state index in [4.69, 9.17) is 11.6 Å². The predicted octanol–water partition coefficient (Wildman–Crippen LogP) is 1.98. The van der Waals surface area contributed by atoms with Crippen LogP contribution in [-0.2, 0) is 10.0 Å². The first kappa shape index (κ1) is 18.7. The summed E-state index contributed by atoms with van der Waals surface area (Å²) in [5.41, 5.74) is 0. The Morgan fingerprint density at radius 3 is 2.13 bits per heavy atom. The van der Waals surface area contributed by atoms with Crippen LogP contribution in [0.4, 0.5) is 0 Å². The Morgan fingerprint density at radius 1 is 1.13 bits per heavy atom. The summed E-state index contributed by atoms with van der Waals surface area (Å²) in [7, 11) is 0.643. The van der Waals surface area contributed by atoms with Gasteiger partial charge in [0.2, 0.25) is 10.0 Å². The molecule has 2 rings (SSSR count). The molecular weight excluding hydrogens is 334 g/mol. The first-order chi connectivity index (χ1) is 10.7. The number of nitrogens with zero attached hydrogens (tertiary/aromatic N) is 3. The highest BCUT2D eigenvalue weighted by atomic mass is 35.5. The van der Waals surface area contributed by atoms with Crippen molar-refractivity contribution in [3.63, 3.8) is 0 Å². The number of piperazine rings is 1. The van der Waals surface area contributed by atoms with Crippen molar-refractivity contribution in [1.82, 2.24) is 14.1 Å². The predicted molar refractivity (Wildman–Crippen MR) is 94.4 cm³/mol. The average Bonchev–Trinajstić information content (AvgIpc) is 2.46. The van der Waals surface area contributed by atoms with E-state index >= 15 is 0 Å². The van der Waals surface area contributed by atoms with Crippen molar-refractivity contribution < 1.29 is 8.42 Å². The van der Waals surface area contributed by atoms with Gasteiger partial charge in [0.1, 0.15) is 0 Å². The van der Waals surface area contributed by atoms with Crippen LogP contribution in [0.25, 0.3) is 0 Å². The van der Waals surface area contributed by atoms with Crippen molar-refractivity contribution in [2.24, 2.45) is 0 Å². The van der Waals surface area contributed by atoms with Gasteiger partial charge in [-0.2, -0.15) is 4.31 Å². The molecule has 1 aromatic carbocycles. The van der Waals surface area contributed by atoms with Crippen molar-refractivity contribution in [1.29, 1.82) is 0 Å². The fourth-order valence-electron chi connectivity index (χ4n) is 3.02. The third-order valence-corrected chi connectivity index (χ3v) is 6.42. The van der Waals surface area contributed by atoms with Crippen molar-refractivity contribution >= 4 is 21.6 Å². The normalized spacial score (nSPS) is 24.3. The summed E-state index contributed by atoms with van der Waals surface area (Å²) >= 11 is 5.85. The standard InChI is InChI=1S/C16H26ClN3O2S/c1-13-11-19(12-14(2)20(13)10-9-18(3)4)23(21,22)16-7-5-15(17)6-8-16/h5-8,13-14H,9-12H2,1-4H3. The van der Waals surface area contributed by atoms with Crippen LogP contribution in [0.2, 0.25) is 5.02 Å². The van der Waals surface area contributed by atoms with E-state index in [9.17, 15) is 8.42 Å². The Balaban J connectivity index is 2.12. The topological polar surface area (TPSA) is 43.9 Å². The second-order valence-corrected chi connectivity index (χ2v) is 8.89. The van der Waals surface area contributed by atoms with Crippen molar-refractivity contribution in [3.05, 3.63) is 29.3 Å².